The molecule has 2 unspecified atom stereocenters. The lowest BCUT2D eigenvalue weighted by atomic mass is 9.97. The van der Waals surface area contributed by atoms with E-state index in [4.69, 9.17) is 9.47 Å². The Morgan fingerprint density at radius 1 is 0.854 bits per heavy atom. The first-order valence-electron chi connectivity index (χ1n) is 17.2. The number of aliphatic hydroxyl groups excluding tert-OH is 1. The van der Waals surface area contributed by atoms with Gasteiger partial charge >= 0.3 is 5.97 Å². The highest BCUT2D eigenvalue weighted by Crippen LogP contribution is 2.24. The number of unbranched alkanes of at least 4 members (excludes halogenated alkanes) is 13. The Labute approximate surface area is 253 Å². The zero-order valence-electron chi connectivity index (χ0n) is 27.3. The summed E-state index contributed by atoms with van der Waals surface area (Å²) >= 11 is 0. The molecule has 1 aliphatic rings. The summed E-state index contributed by atoms with van der Waals surface area (Å²) in [6.45, 7) is 11.1. The monoisotopic (exact) mass is 575 g/mol. The van der Waals surface area contributed by atoms with Crippen molar-refractivity contribution in [3.8, 4) is 0 Å². The Hall–Kier alpha value is -1.59. The molecule has 0 aromatic heterocycles. The van der Waals surface area contributed by atoms with Crippen molar-refractivity contribution in [1.29, 1.82) is 0 Å². The third-order valence-electron chi connectivity index (χ3n) is 8.29. The van der Waals surface area contributed by atoms with E-state index in [1.165, 1.54) is 76.2 Å². The maximum absolute atomic E-state index is 12.2. The number of aliphatic hydroxyl groups is 1. The maximum Gasteiger partial charge on any atom is 0.306 e. The first-order valence-corrected chi connectivity index (χ1v) is 17.2. The molecule has 41 heavy (non-hydrogen) atoms. The molecule has 0 saturated carbocycles. The predicted octanol–water partition coefficient (Wildman–Crippen LogP) is 9.45. The van der Waals surface area contributed by atoms with E-state index in [1.54, 1.807) is 0 Å². The average molecular weight is 576 g/mol. The molecule has 5 nitrogen and oxygen atoms in total. The highest BCUT2D eigenvalue weighted by molar-refractivity contribution is 5.69. The fraction of sp³-hybridized carbons (Fsp3) is 0.806. The average Bonchev–Trinajstić information content (AvgIpc) is 2.98. The Balaban J connectivity index is 2.05. The molecule has 0 heterocycles. The summed E-state index contributed by atoms with van der Waals surface area (Å²) in [5, 5.41) is 9.66. The van der Waals surface area contributed by atoms with Crippen molar-refractivity contribution in [3.05, 3.63) is 35.6 Å². The number of nitrogens with zero attached hydrogens (tertiary/aromatic N) is 1. The predicted molar refractivity (Wildman–Crippen MR) is 174 cm³/mol. The van der Waals surface area contributed by atoms with Crippen LogP contribution in [0.3, 0.4) is 0 Å². The van der Waals surface area contributed by atoms with Crippen LogP contribution >= 0.6 is 0 Å². The molecule has 5 heteroatoms. The molecule has 1 rings (SSSR count). The van der Waals surface area contributed by atoms with E-state index in [1.807, 2.05) is 6.08 Å². The van der Waals surface area contributed by atoms with Gasteiger partial charge in [0.1, 0.15) is 6.61 Å². The van der Waals surface area contributed by atoms with Crippen molar-refractivity contribution in [2.75, 3.05) is 26.3 Å². The molecule has 0 spiro atoms. The van der Waals surface area contributed by atoms with Crippen LogP contribution in [0.25, 0.3) is 0 Å². The maximum atomic E-state index is 12.2. The zero-order valence-corrected chi connectivity index (χ0v) is 27.3. The van der Waals surface area contributed by atoms with E-state index in [0.717, 1.165) is 63.8 Å². The standard InChI is InChI=1S/C36H65NO4/c1-5-8-9-10-11-12-13-14-15-16-17-18-19-20-21-22-23-24-36(39)41-35(30-38)31-40-34-27-25-33(26-28-34)29-32(4)37(6-2)7-3/h17-18,25,27,32,35,38H,5-16,19-24,26,28-31H2,1-4H3. The third-order valence-corrected chi connectivity index (χ3v) is 8.29. The van der Waals surface area contributed by atoms with Crippen molar-refractivity contribution in [3.63, 3.8) is 0 Å². The van der Waals surface area contributed by atoms with Gasteiger partial charge in [0, 0.05) is 18.9 Å². The number of allylic oxidation sites excluding steroid dienone is 5. The third kappa shape index (κ3) is 20.0. The minimum absolute atomic E-state index is 0.207. The summed E-state index contributed by atoms with van der Waals surface area (Å²) in [5.41, 5.74) is 1.45. The molecule has 1 aliphatic carbocycles. The van der Waals surface area contributed by atoms with Gasteiger partial charge < -0.3 is 19.5 Å². The summed E-state index contributed by atoms with van der Waals surface area (Å²) < 4.78 is 11.4. The molecule has 0 saturated heterocycles. The number of hydrogen-bond donors (Lipinski definition) is 1. The Bertz CT molecular complexity index is 725. The number of rotatable bonds is 27. The van der Waals surface area contributed by atoms with Crippen molar-refractivity contribution in [2.24, 2.45) is 0 Å². The Morgan fingerprint density at radius 3 is 1.98 bits per heavy atom. The molecule has 1 N–H and O–H groups in total. The SMILES string of the molecule is CCCCCCCCCCCC=CCCCCCCC(=O)OC(CO)COC1=CC=C(CC(C)N(CC)CC)CC1. The largest absolute Gasteiger partial charge is 0.494 e. The van der Waals surface area contributed by atoms with E-state index in [2.05, 4.69) is 50.8 Å². The molecule has 0 aliphatic heterocycles. The molecule has 0 radical (unpaired) electrons. The first-order chi connectivity index (χ1) is 20.0. The van der Waals surface area contributed by atoms with Gasteiger partial charge in [-0.15, -0.1) is 0 Å². The van der Waals surface area contributed by atoms with Crippen LogP contribution in [0.2, 0.25) is 0 Å². The molecule has 0 aromatic carbocycles. The lowest BCUT2D eigenvalue weighted by Crippen LogP contribution is -2.33. The smallest absolute Gasteiger partial charge is 0.306 e. The van der Waals surface area contributed by atoms with Gasteiger partial charge in [-0.25, -0.2) is 0 Å². The minimum Gasteiger partial charge on any atom is -0.494 e. The van der Waals surface area contributed by atoms with E-state index < -0.39 is 6.10 Å². The number of hydrogen-bond acceptors (Lipinski definition) is 5. The number of carbonyl (C=O) groups excluding carboxylic acids is 1. The minimum atomic E-state index is -0.604. The van der Waals surface area contributed by atoms with Gasteiger partial charge in [-0.05, 0) is 71.0 Å². The normalized spacial score (nSPS) is 15.2. The lowest BCUT2D eigenvalue weighted by Gasteiger charge is -2.28. The lowest BCUT2D eigenvalue weighted by molar-refractivity contribution is -0.154. The van der Waals surface area contributed by atoms with Crippen molar-refractivity contribution in [2.45, 2.75) is 162 Å². The second kappa shape index (κ2) is 26.1. The summed E-state index contributed by atoms with van der Waals surface area (Å²) in [7, 11) is 0. The fourth-order valence-corrected chi connectivity index (χ4v) is 5.57. The highest BCUT2D eigenvalue weighted by atomic mass is 16.6. The molecular formula is C36H65NO4. The second-order valence-corrected chi connectivity index (χ2v) is 11.9. The molecule has 0 aromatic rings. The zero-order chi connectivity index (χ0) is 30.0. The van der Waals surface area contributed by atoms with Gasteiger partial charge in [-0.1, -0.05) is 109 Å². The topological polar surface area (TPSA) is 59.0 Å². The van der Waals surface area contributed by atoms with Crippen LogP contribution in [-0.2, 0) is 14.3 Å². The van der Waals surface area contributed by atoms with Crippen LogP contribution < -0.4 is 0 Å². The van der Waals surface area contributed by atoms with Gasteiger partial charge in [-0.3, -0.25) is 4.79 Å². The van der Waals surface area contributed by atoms with Crippen LogP contribution in [0.15, 0.2) is 35.6 Å². The van der Waals surface area contributed by atoms with E-state index >= 15 is 0 Å². The molecule has 0 fully saturated rings. The second-order valence-electron chi connectivity index (χ2n) is 11.9. The van der Waals surface area contributed by atoms with E-state index in [-0.39, 0.29) is 19.2 Å². The van der Waals surface area contributed by atoms with Gasteiger partial charge in [-0.2, -0.15) is 0 Å². The summed E-state index contributed by atoms with van der Waals surface area (Å²) in [5.74, 6) is 0.666. The molecular weight excluding hydrogens is 510 g/mol. The number of esters is 1. The molecule has 238 valence electrons. The molecule has 0 bridgehead atoms. The molecule has 0 amide bonds. The van der Waals surface area contributed by atoms with Crippen molar-refractivity contribution in [1.82, 2.24) is 4.90 Å². The van der Waals surface area contributed by atoms with Crippen LogP contribution in [0.5, 0.6) is 0 Å². The van der Waals surface area contributed by atoms with E-state index in [0.29, 0.717) is 12.5 Å². The summed E-state index contributed by atoms with van der Waals surface area (Å²) in [6.07, 6.45) is 30.6. The molecule has 2 atom stereocenters. The van der Waals surface area contributed by atoms with Crippen LogP contribution in [0, 0.1) is 0 Å². The number of ether oxygens (including phenoxy) is 2. The summed E-state index contributed by atoms with van der Waals surface area (Å²) in [6, 6.07) is 0.543. The van der Waals surface area contributed by atoms with Gasteiger partial charge in [0.15, 0.2) is 6.10 Å². The quantitative estimate of drug-likeness (QED) is 0.0600. The Morgan fingerprint density at radius 2 is 1.44 bits per heavy atom. The summed E-state index contributed by atoms with van der Waals surface area (Å²) in [4.78, 5) is 14.7. The van der Waals surface area contributed by atoms with E-state index in [9.17, 15) is 9.90 Å². The van der Waals surface area contributed by atoms with Crippen molar-refractivity contribution >= 4 is 5.97 Å². The van der Waals surface area contributed by atoms with Crippen LogP contribution in [-0.4, -0.2) is 54.4 Å². The Kier molecular flexibility index (Phi) is 23.8. The van der Waals surface area contributed by atoms with Gasteiger partial charge in [0.25, 0.3) is 0 Å². The fourth-order valence-electron chi connectivity index (χ4n) is 5.57. The van der Waals surface area contributed by atoms with Gasteiger partial charge in [0.05, 0.1) is 12.4 Å². The van der Waals surface area contributed by atoms with Crippen LogP contribution in [0.4, 0.5) is 0 Å². The number of carbonyl (C=O) groups is 1. The highest BCUT2D eigenvalue weighted by Gasteiger charge is 2.17. The van der Waals surface area contributed by atoms with Gasteiger partial charge in [0.2, 0.25) is 0 Å². The van der Waals surface area contributed by atoms with Crippen LogP contribution in [0.1, 0.15) is 150 Å². The first kappa shape index (κ1) is 37.4. The van der Waals surface area contributed by atoms with Crippen molar-refractivity contribution < 1.29 is 19.4 Å².